The third-order valence-corrected chi connectivity index (χ3v) is 4.57. The number of carboxylic acids is 3. The number of Topliss-reactive ketones (excluding diaryl/α,β-unsaturated/α-hetero) is 3. The molecule has 0 saturated heterocycles. The number of aliphatic carboxylic acids is 3. The third kappa shape index (κ3) is 36.6. The number of ether oxygens (including phenoxy) is 3. The number of carbonyl (C=O) groups is 9. The number of esters is 3. The van der Waals surface area contributed by atoms with Gasteiger partial charge in [-0.15, -0.1) is 0 Å². The van der Waals surface area contributed by atoms with Gasteiger partial charge in [0.2, 0.25) is 0 Å². The molecule has 253 valence electrons. The van der Waals surface area contributed by atoms with Crippen LogP contribution in [0.3, 0.4) is 0 Å². The molecule has 0 rings (SSSR count). The van der Waals surface area contributed by atoms with E-state index in [4.69, 9.17) is 14.2 Å². The molecule has 0 aromatic heterocycles. The van der Waals surface area contributed by atoms with E-state index < -0.39 is 72.4 Å². The summed E-state index contributed by atoms with van der Waals surface area (Å²) in [7, 11) is 0. The molecule has 0 atom stereocenters. The van der Waals surface area contributed by atoms with Crippen LogP contribution >= 0.6 is 0 Å². The average Bonchev–Trinajstić information content (AvgIpc) is 2.90. The number of hydrogen-bond donors (Lipinski definition) is 0. The van der Waals surface area contributed by atoms with Crippen molar-refractivity contribution in [1.82, 2.24) is 0 Å². The van der Waals surface area contributed by atoms with Crippen molar-refractivity contribution in [3.05, 3.63) is 36.5 Å². The van der Waals surface area contributed by atoms with E-state index in [0.29, 0.717) is 19.3 Å². The molecule has 46 heavy (non-hydrogen) atoms. The van der Waals surface area contributed by atoms with Gasteiger partial charge in [0.05, 0.1) is 19.8 Å². The van der Waals surface area contributed by atoms with Crippen LogP contribution in [0.25, 0.3) is 0 Å². The van der Waals surface area contributed by atoms with Gasteiger partial charge in [0.25, 0.3) is 0 Å². The number of ketones is 3. The summed E-state index contributed by atoms with van der Waals surface area (Å²) >= 11 is 0. The fourth-order valence-corrected chi connectivity index (χ4v) is 2.42. The van der Waals surface area contributed by atoms with Crippen molar-refractivity contribution in [1.29, 1.82) is 0 Å². The maximum atomic E-state index is 10.9. The van der Waals surface area contributed by atoms with E-state index in [2.05, 4.69) is 19.7 Å². The second kappa shape index (κ2) is 30.1. The van der Waals surface area contributed by atoms with Crippen LogP contribution in [-0.2, 0) is 57.4 Å². The van der Waals surface area contributed by atoms with E-state index in [9.17, 15) is 58.5 Å². The molecule has 0 saturated carbocycles. The van der Waals surface area contributed by atoms with Crippen LogP contribution in [0, 0.1) is 40.8 Å². The Morgan fingerprint density at radius 3 is 0.804 bits per heavy atom. The summed E-state index contributed by atoms with van der Waals surface area (Å²) in [5, 5.41) is 30.0. The fourth-order valence-electron chi connectivity index (χ4n) is 2.42. The largest absolute Gasteiger partial charge is 3.00 e. The Bertz CT molecular complexity index is 983. The van der Waals surface area contributed by atoms with E-state index >= 15 is 0 Å². The molecule has 0 fully saturated rings. The maximum absolute atomic E-state index is 10.9. The van der Waals surface area contributed by atoms with Gasteiger partial charge in [-0.2, -0.15) is 0 Å². The monoisotopic (exact) mass is 781 g/mol. The predicted octanol–water partition coefficient (Wildman–Crippen LogP) is -1.21. The van der Waals surface area contributed by atoms with Gasteiger partial charge in [-0.05, 0) is 40.0 Å². The van der Waals surface area contributed by atoms with E-state index in [-0.39, 0.29) is 96.6 Å². The quantitative estimate of drug-likeness (QED) is 0.0435. The minimum absolute atomic E-state index is 0. The van der Waals surface area contributed by atoms with E-state index in [1.165, 1.54) is 20.8 Å². The average molecular weight is 784 g/mol. The van der Waals surface area contributed by atoms with Crippen LogP contribution in [0.4, 0.5) is 0 Å². The van der Waals surface area contributed by atoms with Crippen LogP contribution in [0.2, 0.25) is 0 Å². The molecule has 0 heterocycles. The Morgan fingerprint density at radius 2 is 0.652 bits per heavy atom. The second-order valence-corrected chi connectivity index (χ2v) is 9.32. The van der Waals surface area contributed by atoms with Crippen molar-refractivity contribution < 1.29 is 114 Å². The van der Waals surface area contributed by atoms with Crippen molar-refractivity contribution in [3.63, 3.8) is 0 Å². The Morgan fingerprint density at radius 1 is 0.457 bits per heavy atom. The molecule has 0 aromatic rings. The van der Waals surface area contributed by atoms with Crippen LogP contribution < -0.4 is 15.3 Å². The standard InChI is InChI=1S/3C10H14O5.Nd/c3*1-7(2)10(14)15-5-3-4-8(11)6-9(12)13;/h3*1,3-6H2,2H3,(H,12,13);/q;;;+3/p-3. The summed E-state index contributed by atoms with van der Waals surface area (Å²) in [5.41, 5.74) is 0.864. The number of carbonyl (C=O) groups excluding carboxylic acids is 9. The van der Waals surface area contributed by atoms with Gasteiger partial charge in [-0.1, -0.05) is 19.7 Å². The summed E-state index contributed by atoms with van der Waals surface area (Å²) < 4.78 is 14.1. The molecule has 0 spiro atoms. The van der Waals surface area contributed by atoms with Crippen LogP contribution in [0.15, 0.2) is 36.5 Å². The smallest absolute Gasteiger partial charge is 0.550 e. The number of rotatable bonds is 21. The normalized spacial score (nSPS) is 9.20. The van der Waals surface area contributed by atoms with Crippen LogP contribution in [0.1, 0.15) is 78.6 Å². The fraction of sp³-hybridized carbons (Fsp3) is 0.500. The molecular formula is C30H39NdO15. The predicted molar refractivity (Wildman–Crippen MR) is 149 cm³/mol. The van der Waals surface area contributed by atoms with Gasteiger partial charge in [0.15, 0.2) is 0 Å². The summed E-state index contributed by atoms with van der Waals surface area (Å²) in [5.74, 6) is -6.99. The first-order chi connectivity index (χ1) is 20.8. The van der Waals surface area contributed by atoms with Crippen LogP contribution in [-0.4, -0.2) is 73.0 Å². The third-order valence-electron chi connectivity index (χ3n) is 4.57. The maximum Gasteiger partial charge on any atom is 3.00 e. The van der Waals surface area contributed by atoms with Gasteiger partial charge >= 0.3 is 58.7 Å². The van der Waals surface area contributed by atoms with Gasteiger partial charge < -0.3 is 43.9 Å². The molecule has 0 aliphatic rings. The molecule has 0 N–H and O–H groups in total. The molecule has 0 aromatic carbocycles. The van der Waals surface area contributed by atoms with E-state index in [1.54, 1.807) is 0 Å². The number of hydrogen-bond acceptors (Lipinski definition) is 15. The molecule has 1 radical (unpaired) electrons. The molecule has 0 unspecified atom stereocenters. The van der Waals surface area contributed by atoms with Crippen molar-refractivity contribution >= 4 is 53.2 Å². The van der Waals surface area contributed by atoms with Gasteiger partial charge in [-0.3, -0.25) is 14.4 Å². The molecule has 0 aliphatic carbocycles. The molecular weight excluding hydrogens is 745 g/mol. The van der Waals surface area contributed by atoms with Crippen molar-refractivity contribution in [2.24, 2.45) is 0 Å². The molecule has 0 bridgehead atoms. The Hall–Kier alpha value is -3.60. The number of carboxylic acid groups (broad SMARTS) is 3. The second-order valence-electron chi connectivity index (χ2n) is 9.32. The summed E-state index contributed by atoms with van der Waals surface area (Å²) in [4.78, 5) is 95.2. The summed E-state index contributed by atoms with van der Waals surface area (Å²) in [6.45, 7) is 15.0. The molecule has 15 nitrogen and oxygen atoms in total. The first kappa shape index (κ1) is 49.3. The zero-order valence-electron chi connectivity index (χ0n) is 26.2. The summed E-state index contributed by atoms with van der Waals surface area (Å²) in [6.07, 6.45) is -0.634. The molecule has 16 heteroatoms. The van der Waals surface area contributed by atoms with Gasteiger partial charge in [-0.25, -0.2) is 14.4 Å². The molecule has 0 aliphatic heterocycles. The van der Waals surface area contributed by atoms with Crippen molar-refractivity contribution in [2.75, 3.05) is 19.8 Å². The first-order valence-corrected chi connectivity index (χ1v) is 13.4. The van der Waals surface area contributed by atoms with Gasteiger partial charge in [0, 0.05) is 73.2 Å². The Labute approximate surface area is 299 Å². The zero-order chi connectivity index (χ0) is 35.5. The van der Waals surface area contributed by atoms with E-state index in [1.807, 2.05) is 0 Å². The Kier molecular flexibility index (Phi) is 32.2. The van der Waals surface area contributed by atoms with Crippen molar-refractivity contribution in [3.8, 4) is 0 Å². The minimum atomic E-state index is -1.39. The Balaban J connectivity index is -0.000000285. The zero-order valence-corrected chi connectivity index (χ0v) is 29.4. The van der Waals surface area contributed by atoms with Gasteiger partial charge in [0.1, 0.15) is 17.3 Å². The SMILES string of the molecule is C=C(C)C(=O)OCCCC(=O)CC(=O)[O-].C=C(C)C(=O)OCCCC(=O)CC(=O)[O-].C=C(C)C(=O)OCCCC(=O)CC(=O)[O-].[Nd+3]. The van der Waals surface area contributed by atoms with E-state index in [0.717, 1.165) is 0 Å². The molecule has 0 amide bonds. The topological polar surface area (TPSA) is 250 Å². The minimum Gasteiger partial charge on any atom is -0.550 e. The van der Waals surface area contributed by atoms with Crippen molar-refractivity contribution in [2.45, 2.75) is 78.6 Å². The summed E-state index contributed by atoms with van der Waals surface area (Å²) in [6, 6.07) is 0. The first-order valence-electron chi connectivity index (χ1n) is 13.4. The van der Waals surface area contributed by atoms with Crippen LogP contribution in [0.5, 0.6) is 0 Å².